The highest BCUT2D eigenvalue weighted by Gasteiger charge is 2.33. The van der Waals surface area contributed by atoms with Crippen LogP contribution in [0.2, 0.25) is 0 Å². The van der Waals surface area contributed by atoms with E-state index in [0.717, 1.165) is 17.9 Å². The number of ether oxygens (including phenoxy) is 1. The zero-order chi connectivity index (χ0) is 14.0. The number of aromatic nitrogens is 1. The molecule has 1 aromatic rings. The summed E-state index contributed by atoms with van der Waals surface area (Å²) in [5, 5.41) is 12.1. The highest BCUT2D eigenvalue weighted by atomic mass is 16.5. The van der Waals surface area contributed by atoms with E-state index in [1.807, 2.05) is 13.0 Å². The zero-order valence-electron chi connectivity index (χ0n) is 11.6. The summed E-state index contributed by atoms with van der Waals surface area (Å²) in [6.45, 7) is 8.10. The molecule has 0 bridgehead atoms. The van der Waals surface area contributed by atoms with Crippen molar-refractivity contribution in [3.63, 3.8) is 0 Å². The maximum atomic E-state index is 8.96. The number of morpholine rings is 1. The Kier molecular flexibility index (Phi) is 3.61. The van der Waals surface area contributed by atoms with E-state index in [4.69, 9.17) is 15.7 Å². The first-order chi connectivity index (χ1) is 8.97. The summed E-state index contributed by atoms with van der Waals surface area (Å²) in [5.41, 5.74) is 7.23. The van der Waals surface area contributed by atoms with Gasteiger partial charge < -0.3 is 20.6 Å². The van der Waals surface area contributed by atoms with Crippen molar-refractivity contribution in [2.24, 2.45) is 10.9 Å². The monoisotopic (exact) mass is 264 g/mol. The fourth-order valence-electron chi connectivity index (χ4n) is 2.37. The predicted molar refractivity (Wildman–Crippen MR) is 73.7 cm³/mol. The number of hydrogen-bond acceptors (Lipinski definition) is 5. The topological polar surface area (TPSA) is 84.0 Å². The second-order valence-corrected chi connectivity index (χ2v) is 5.33. The predicted octanol–water partition coefficient (Wildman–Crippen LogP) is 1.10. The minimum absolute atomic E-state index is 0.0860. The molecular formula is C13H20N4O2. The van der Waals surface area contributed by atoms with Crippen LogP contribution in [0.15, 0.2) is 17.4 Å². The minimum Gasteiger partial charge on any atom is -0.409 e. The van der Waals surface area contributed by atoms with Crippen molar-refractivity contribution in [1.82, 2.24) is 4.98 Å². The summed E-state index contributed by atoms with van der Waals surface area (Å²) in [6.07, 6.45) is 1.74. The van der Waals surface area contributed by atoms with Gasteiger partial charge in [-0.2, -0.15) is 0 Å². The van der Waals surface area contributed by atoms with Gasteiger partial charge in [-0.25, -0.2) is 4.98 Å². The Morgan fingerprint density at radius 2 is 2.32 bits per heavy atom. The van der Waals surface area contributed by atoms with Crippen LogP contribution in [0.5, 0.6) is 0 Å². The van der Waals surface area contributed by atoms with Crippen molar-refractivity contribution in [2.45, 2.75) is 26.3 Å². The number of anilines is 1. The molecule has 0 atom stereocenters. The van der Waals surface area contributed by atoms with Gasteiger partial charge in [0.1, 0.15) is 5.82 Å². The third-order valence-electron chi connectivity index (χ3n) is 3.40. The average molecular weight is 264 g/mol. The van der Waals surface area contributed by atoms with E-state index in [2.05, 4.69) is 28.9 Å². The Labute approximate surface area is 112 Å². The lowest BCUT2D eigenvalue weighted by Crippen LogP contribution is -2.54. The van der Waals surface area contributed by atoms with E-state index < -0.39 is 0 Å². The molecule has 1 saturated heterocycles. The molecule has 1 fully saturated rings. The second-order valence-electron chi connectivity index (χ2n) is 5.33. The molecule has 2 heterocycles. The van der Waals surface area contributed by atoms with Gasteiger partial charge in [0.05, 0.1) is 24.3 Å². The fraction of sp³-hybridized carbons (Fsp3) is 0.538. The molecule has 104 valence electrons. The Hall–Kier alpha value is -1.82. The van der Waals surface area contributed by atoms with Gasteiger partial charge in [0.2, 0.25) is 0 Å². The van der Waals surface area contributed by atoms with Crippen LogP contribution in [0.1, 0.15) is 25.0 Å². The molecule has 0 aliphatic carbocycles. The maximum absolute atomic E-state index is 8.96. The van der Waals surface area contributed by atoms with Gasteiger partial charge in [0.25, 0.3) is 0 Å². The standard InChI is InChI=1S/C13H20N4O2/c1-9-4-5-15-12(10(9)11(14)16-18)17-6-7-19-8-13(17,2)3/h4-5,18H,6-8H2,1-3H3,(H2,14,16). The summed E-state index contributed by atoms with van der Waals surface area (Å²) in [7, 11) is 0. The van der Waals surface area contributed by atoms with E-state index in [9.17, 15) is 0 Å². The van der Waals surface area contributed by atoms with Crippen LogP contribution in [0.4, 0.5) is 5.82 Å². The molecule has 0 amide bonds. The second kappa shape index (κ2) is 5.05. The van der Waals surface area contributed by atoms with E-state index in [1.165, 1.54) is 0 Å². The van der Waals surface area contributed by atoms with Crippen molar-refractivity contribution in [3.8, 4) is 0 Å². The smallest absolute Gasteiger partial charge is 0.174 e. The molecule has 2 rings (SSSR count). The number of pyridine rings is 1. The van der Waals surface area contributed by atoms with Crippen LogP contribution in [0, 0.1) is 6.92 Å². The van der Waals surface area contributed by atoms with Crippen LogP contribution in [-0.2, 0) is 4.74 Å². The lowest BCUT2D eigenvalue weighted by molar-refractivity contribution is 0.0639. The van der Waals surface area contributed by atoms with Crippen LogP contribution in [0.3, 0.4) is 0 Å². The van der Waals surface area contributed by atoms with E-state index in [-0.39, 0.29) is 11.4 Å². The van der Waals surface area contributed by atoms with Gasteiger partial charge in [0, 0.05) is 12.7 Å². The lowest BCUT2D eigenvalue weighted by Gasteiger charge is -2.43. The van der Waals surface area contributed by atoms with Crippen molar-refractivity contribution >= 4 is 11.7 Å². The minimum atomic E-state index is -0.177. The van der Waals surface area contributed by atoms with Crippen molar-refractivity contribution in [3.05, 3.63) is 23.4 Å². The van der Waals surface area contributed by atoms with E-state index in [1.54, 1.807) is 6.20 Å². The van der Waals surface area contributed by atoms with Crippen molar-refractivity contribution in [1.29, 1.82) is 0 Å². The highest BCUT2D eigenvalue weighted by Crippen LogP contribution is 2.29. The molecule has 6 heteroatoms. The Morgan fingerprint density at radius 3 is 2.95 bits per heavy atom. The average Bonchev–Trinajstić information content (AvgIpc) is 2.37. The summed E-state index contributed by atoms with van der Waals surface area (Å²) in [4.78, 5) is 6.58. The normalized spacial score (nSPS) is 19.5. The van der Waals surface area contributed by atoms with E-state index >= 15 is 0 Å². The zero-order valence-corrected chi connectivity index (χ0v) is 11.6. The Balaban J connectivity index is 2.53. The number of hydrogen-bond donors (Lipinski definition) is 2. The molecule has 1 aromatic heterocycles. The van der Waals surface area contributed by atoms with Crippen LogP contribution < -0.4 is 10.6 Å². The molecule has 0 unspecified atom stereocenters. The van der Waals surface area contributed by atoms with Crippen molar-refractivity contribution < 1.29 is 9.94 Å². The van der Waals surface area contributed by atoms with Gasteiger partial charge in [0.15, 0.2) is 5.84 Å². The third-order valence-corrected chi connectivity index (χ3v) is 3.40. The molecule has 0 aromatic carbocycles. The summed E-state index contributed by atoms with van der Waals surface area (Å²) in [6, 6.07) is 1.85. The molecule has 0 radical (unpaired) electrons. The third kappa shape index (κ3) is 2.49. The molecule has 1 aliphatic rings. The lowest BCUT2D eigenvalue weighted by atomic mass is 10.00. The summed E-state index contributed by atoms with van der Waals surface area (Å²) < 4.78 is 5.51. The van der Waals surface area contributed by atoms with Gasteiger partial charge >= 0.3 is 0 Å². The van der Waals surface area contributed by atoms with Gasteiger partial charge in [-0.15, -0.1) is 0 Å². The largest absolute Gasteiger partial charge is 0.409 e. The summed E-state index contributed by atoms with van der Waals surface area (Å²) in [5.74, 6) is 0.825. The number of aryl methyl sites for hydroxylation is 1. The van der Waals surface area contributed by atoms with Gasteiger partial charge in [-0.3, -0.25) is 0 Å². The van der Waals surface area contributed by atoms with Gasteiger partial charge in [-0.1, -0.05) is 5.16 Å². The number of nitrogens with two attached hydrogens (primary N) is 1. The number of nitrogens with zero attached hydrogens (tertiary/aromatic N) is 3. The maximum Gasteiger partial charge on any atom is 0.174 e. The molecule has 19 heavy (non-hydrogen) atoms. The first-order valence-corrected chi connectivity index (χ1v) is 6.26. The number of oxime groups is 1. The first kappa shape index (κ1) is 13.6. The first-order valence-electron chi connectivity index (χ1n) is 6.26. The Bertz CT molecular complexity index is 499. The molecular weight excluding hydrogens is 244 g/mol. The van der Waals surface area contributed by atoms with Crippen molar-refractivity contribution in [2.75, 3.05) is 24.7 Å². The van der Waals surface area contributed by atoms with Gasteiger partial charge in [-0.05, 0) is 32.4 Å². The SMILES string of the molecule is Cc1ccnc(N2CCOCC2(C)C)c1/C(N)=N/O. The molecule has 1 aliphatic heterocycles. The molecule has 0 saturated carbocycles. The van der Waals surface area contributed by atoms with Crippen LogP contribution >= 0.6 is 0 Å². The Morgan fingerprint density at radius 1 is 1.58 bits per heavy atom. The number of amidine groups is 1. The number of rotatable bonds is 2. The molecule has 6 nitrogen and oxygen atoms in total. The van der Waals surface area contributed by atoms with E-state index in [0.29, 0.717) is 18.8 Å². The quantitative estimate of drug-likeness (QED) is 0.362. The van der Waals surface area contributed by atoms with Crippen LogP contribution in [0.25, 0.3) is 0 Å². The molecule has 3 N–H and O–H groups in total. The highest BCUT2D eigenvalue weighted by molar-refractivity contribution is 6.02. The summed E-state index contributed by atoms with van der Waals surface area (Å²) >= 11 is 0. The fourth-order valence-corrected chi connectivity index (χ4v) is 2.37. The molecule has 0 spiro atoms. The van der Waals surface area contributed by atoms with Crippen LogP contribution in [-0.4, -0.2) is 41.3 Å².